The van der Waals surface area contributed by atoms with E-state index in [9.17, 15) is 19.5 Å². The molecule has 0 aromatic rings. The van der Waals surface area contributed by atoms with E-state index in [2.05, 4.69) is 13.8 Å². The molecule has 0 unspecified atom stereocenters. The molecular weight excluding hydrogens is 384 g/mol. The molecule has 166 valence electrons. The van der Waals surface area contributed by atoms with Crippen LogP contribution in [0.25, 0.3) is 0 Å². The molecule has 3 saturated carbocycles. The molecule has 0 amide bonds. The first-order valence-electron chi connectivity index (χ1n) is 11.3. The minimum absolute atomic E-state index is 0.0661. The number of carbonyl (C=O) groups is 3. The lowest BCUT2D eigenvalue weighted by Gasteiger charge is -2.60. The van der Waals surface area contributed by atoms with Crippen LogP contribution in [-0.2, 0) is 23.9 Å². The number of aliphatic hydroxyl groups is 1. The standard InChI is InChI=1S/C24H34O6/c1-23-9-7-13(25)11-18(23)15(20(21(27)29-3)22(28)30-4)12-14-16-5-6-19(26)24(16,2)10-8-17(14)23/h11,14-17,19-20,26H,5-10,12H2,1-4H3/t14-,15+,16-,17-,19-,23+,24-/m0/s1. The lowest BCUT2D eigenvalue weighted by molar-refractivity contribution is -0.164. The summed E-state index contributed by atoms with van der Waals surface area (Å²) >= 11 is 0. The molecule has 0 radical (unpaired) electrons. The van der Waals surface area contributed by atoms with Crippen LogP contribution >= 0.6 is 0 Å². The molecule has 4 aliphatic rings. The zero-order valence-corrected chi connectivity index (χ0v) is 18.5. The van der Waals surface area contributed by atoms with Crippen molar-refractivity contribution in [2.75, 3.05) is 14.2 Å². The summed E-state index contributed by atoms with van der Waals surface area (Å²) in [5, 5.41) is 10.7. The molecule has 0 aromatic carbocycles. The van der Waals surface area contributed by atoms with Gasteiger partial charge in [0.2, 0.25) is 0 Å². The molecular formula is C24H34O6. The minimum Gasteiger partial charge on any atom is -0.468 e. The molecule has 6 nitrogen and oxygen atoms in total. The average molecular weight is 419 g/mol. The van der Waals surface area contributed by atoms with Crippen molar-refractivity contribution in [2.24, 2.45) is 40.4 Å². The van der Waals surface area contributed by atoms with E-state index >= 15 is 0 Å². The number of ether oxygens (including phenoxy) is 2. The molecule has 30 heavy (non-hydrogen) atoms. The van der Waals surface area contributed by atoms with E-state index in [1.807, 2.05) is 0 Å². The molecule has 6 heteroatoms. The first-order chi connectivity index (χ1) is 14.2. The van der Waals surface area contributed by atoms with Crippen LogP contribution in [0.5, 0.6) is 0 Å². The van der Waals surface area contributed by atoms with Gasteiger partial charge in [-0.05, 0) is 73.2 Å². The van der Waals surface area contributed by atoms with Gasteiger partial charge >= 0.3 is 11.9 Å². The summed E-state index contributed by atoms with van der Waals surface area (Å²) in [5.41, 5.74) is 0.596. The van der Waals surface area contributed by atoms with Gasteiger partial charge in [0.1, 0.15) is 0 Å². The van der Waals surface area contributed by atoms with Gasteiger partial charge in [0.15, 0.2) is 11.7 Å². The molecule has 0 saturated heterocycles. The van der Waals surface area contributed by atoms with Crippen LogP contribution in [-0.4, -0.2) is 43.2 Å². The van der Waals surface area contributed by atoms with E-state index < -0.39 is 23.8 Å². The minimum atomic E-state index is -1.06. The van der Waals surface area contributed by atoms with Gasteiger partial charge < -0.3 is 14.6 Å². The lowest BCUT2D eigenvalue weighted by Crippen LogP contribution is -2.55. The summed E-state index contributed by atoms with van der Waals surface area (Å²) in [6.07, 6.45) is 7.09. The van der Waals surface area contributed by atoms with Crippen LogP contribution in [0.1, 0.15) is 58.8 Å². The Bertz CT molecular complexity index is 771. The molecule has 0 aromatic heterocycles. The van der Waals surface area contributed by atoms with Crippen LogP contribution in [0.15, 0.2) is 11.6 Å². The lowest BCUT2D eigenvalue weighted by atomic mass is 9.44. The maximum atomic E-state index is 12.7. The Balaban J connectivity index is 1.81. The second-order valence-corrected chi connectivity index (χ2v) is 10.4. The zero-order valence-electron chi connectivity index (χ0n) is 18.5. The number of aliphatic hydroxyl groups excluding tert-OH is 1. The number of rotatable bonds is 3. The molecule has 1 N–H and O–H groups in total. The summed E-state index contributed by atoms with van der Waals surface area (Å²) in [6, 6.07) is 0. The van der Waals surface area contributed by atoms with Crippen molar-refractivity contribution in [3.8, 4) is 0 Å². The summed E-state index contributed by atoms with van der Waals surface area (Å²) < 4.78 is 9.99. The van der Waals surface area contributed by atoms with E-state index in [1.54, 1.807) is 6.08 Å². The topological polar surface area (TPSA) is 89.9 Å². The van der Waals surface area contributed by atoms with Crippen molar-refractivity contribution in [3.05, 3.63) is 11.6 Å². The Hall–Kier alpha value is -1.69. The molecule has 0 spiro atoms. The largest absolute Gasteiger partial charge is 0.468 e. The Labute approximate surface area is 178 Å². The first-order valence-corrected chi connectivity index (χ1v) is 11.3. The predicted octanol–water partition coefficient (Wildman–Crippen LogP) is 3.07. The quantitative estimate of drug-likeness (QED) is 0.560. The number of hydrogen-bond acceptors (Lipinski definition) is 6. The monoisotopic (exact) mass is 418 g/mol. The van der Waals surface area contributed by atoms with Crippen molar-refractivity contribution in [1.29, 1.82) is 0 Å². The second kappa shape index (κ2) is 7.47. The molecule has 3 fully saturated rings. The van der Waals surface area contributed by atoms with Gasteiger partial charge in [-0.3, -0.25) is 14.4 Å². The van der Waals surface area contributed by atoms with Gasteiger partial charge in [0.25, 0.3) is 0 Å². The fourth-order valence-electron chi connectivity index (χ4n) is 7.66. The number of ketones is 1. The molecule has 4 rings (SSSR count). The number of allylic oxidation sites excluding steroid dienone is 1. The van der Waals surface area contributed by atoms with Gasteiger partial charge in [-0.1, -0.05) is 19.4 Å². The third kappa shape index (κ3) is 2.97. The maximum Gasteiger partial charge on any atom is 0.320 e. The van der Waals surface area contributed by atoms with Gasteiger partial charge in [-0.2, -0.15) is 0 Å². The summed E-state index contributed by atoms with van der Waals surface area (Å²) in [4.78, 5) is 37.8. The molecule has 4 aliphatic carbocycles. The number of hydrogen-bond donors (Lipinski definition) is 1. The molecule has 7 atom stereocenters. The zero-order chi connectivity index (χ0) is 21.8. The van der Waals surface area contributed by atoms with Crippen molar-refractivity contribution in [3.63, 3.8) is 0 Å². The van der Waals surface area contributed by atoms with Crippen molar-refractivity contribution < 1.29 is 29.0 Å². The highest BCUT2D eigenvalue weighted by molar-refractivity contribution is 5.97. The van der Waals surface area contributed by atoms with Crippen LogP contribution < -0.4 is 0 Å². The smallest absolute Gasteiger partial charge is 0.320 e. The summed E-state index contributed by atoms with van der Waals surface area (Å²) in [7, 11) is 2.57. The second-order valence-electron chi connectivity index (χ2n) is 10.4. The highest BCUT2D eigenvalue weighted by atomic mass is 16.5. The molecule has 0 heterocycles. The van der Waals surface area contributed by atoms with Gasteiger partial charge in [0.05, 0.1) is 20.3 Å². The number of fused-ring (bicyclic) bond motifs is 5. The Morgan fingerprint density at radius 2 is 1.73 bits per heavy atom. The van der Waals surface area contributed by atoms with Crippen LogP contribution in [0, 0.1) is 40.4 Å². The van der Waals surface area contributed by atoms with Gasteiger partial charge in [0, 0.05) is 12.3 Å². The summed E-state index contributed by atoms with van der Waals surface area (Å²) in [5.74, 6) is -1.53. The summed E-state index contributed by atoms with van der Waals surface area (Å²) in [6.45, 7) is 4.42. The molecule has 0 bridgehead atoms. The van der Waals surface area contributed by atoms with Crippen LogP contribution in [0.2, 0.25) is 0 Å². The SMILES string of the molecule is COC(=O)C(C(=O)OC)[C@@H]1C[C@H]2[C@@H]3CC[C@H](O)[C@@]3(C)CC[C@@H]2[C@@]2(C)CCC(=O)C=C12. The highest BCUT2D eigenvalue weighted by Gasteiger charge is 2.62. The van der Waals surface area contributed by atoms with E-state index in [4.69, 9.17) is 9.47 Å². The number of carbonyl (C=O) groups excluding carboxylic acids is 3. The maximum absolute atomic E-state index is 12.7. The van der Waals surface area contributed by atoms with E-state index in [0.717, 1.165) is 37.7 Å². The van der Waals surface area contributed by atoms with Crippen LogP contribution in [0.4, 0.5) is 0 Å². The van der Waals surface area contributed by atoms with Crippen molar-refractivity contribution in [1.82, 2.24) is 0 Å². The van der Waals surface area contributed by atoms with Gasteiger partial charge in [-0.25, -0.2) is 0 Å². The van der Waals surface area contributed by atoms with Crippen molar-refractivity contribution >= 4 is 17.7 Å². The van der Waals surface area contributed by atoms with E-state index in [-0.39, 0.29) is 22.7 Å². The predicted molar refractivity (Wildman–Crippen MR) is 109 cm³/mol. The first kappa shape index (κ1) is 21.5. The third-order valence-corrected chi connectivity index (χ3v) is 9.31. The van der Waals surface area contributed by atoms with Crippen molar-refractivity contribution in [2.45, 2.75) is 64.9 Å². The third-order valence-electron chi connectivity index (χ3n) is 9.31. The Morgan fingerprint density at radius 1 is 1.07 bits per heavy atom. The fraction of sp³-hybridized carbons (Fsp3) is 0.792. The number of methoxy groups -OCH3 is 2. The highest BCUT2D eigenvalue weighted by Crippen LogP contribution is 2.67. The fourth-order valence-corrected chi connectivity index (χ4v) is 7.66. The van der Waals surface area contributed by atoms with Crippen LogP contribution in [0.3, 0.4) is 0 Å². The Kier molecular flexibility index (Phi) is 5.36. The normalized spacial score (nSPS) is 42.7. The van der Waals surface area contributed by atoms with E-state index in [0.29, 0.717) is 30.6 Å². The number of esters is 2. The molecule has 0 aliphatic heterocycles. The Morgan fingerprint density at radius 3 is 2.37 bits per heavy atom. The van der Waals surface area contributed by atoms with E-state index in [1.165, 1.54) is 14.2 Å². The average Bonchev–Trinajstić information content (AvgIpc) is 3.03. The van der Waals surface area contributed by atoms with Gasteiger partial charge in [-0.15, -0.1) is 0 Å².